The normalized spacial score (nSPS) is 10.8. The van der Waals surface area contributed by atoms with Gasteiger partial charge in [-0.25, -0.2) is 0 Å². The Kier molecular flexibility index (Phi) is 5.59. The summed E-state index contributed by atoms with van der Waals surface area (Å²) in [6.07, 6.45) is 0.694. The Hall–Kier alpha value is -3.09. The highest BCUT2D eigenvalue weighted by Gasteiger charge is 2.17. The number of carbonyl (C=O) groups is 1. The van der Waals surface area contributed by atoms with E-state index in [-0.39, 0.29) is 12.5 Å². The van der Waals surface area contributed by atoms with Crippen LogP contribution in [0.4, 0.5) is 0 Å². The maximum atomic E-state index is 12.4. The van der Waals surface area contributed by atoms with E-state index in [0.717, 1.165) is 28.3 Å². The van der Waals surface area contributed by atoms with Crippen molar-refractivity contribution in [1.82, 2.24) is 20.1 Å². The Balaban J connectivity index is 1.66. The lowest BCUT2D eigenvalue weighted by Gasteiger charge is -2.10. The highest BCUT2D eigenvalue weighted by molar-refractivity contribution is 5.76. The maximum Gasteiger partial charge on any atom is 0.249 e. The van der Waals surface area contributed by atoms with Crippen molar-refractivity contribution in [3.63, 3.8) is 0 Å². The summed E-state index contributed by atoms with van der Waals surface area (Å²) in [5, 5.41) is 11.1. The molecule has 7 heteroatoms. The molecule has 2 heterocycles. The van der Waals surface area contributed by atoms with Gasteiger partial charge >= 0.3 is 0 Å². The number of carbonyl (C=O) groups excluding carboxylic acids is 1. The zero-order chi connectivity index (χ0) is 19.4. The Morgan fingerprint density at radius 1 is 1.22 bits per heavy atom. The minimum Gasteiger partial charge on any atom is -0.497 e. The van der Waals surface area contributed by atoms with Gasteiger partial charge in [0.25, 0.3) is 0 Å². The minimum absolute atomic E-state index is 0.0565. The smallest absolute Gasteiger partial charge is 0.249 e. The van der Waals surface area contributed by atoms with Crippen LogP contribution >= 0.6 is 0 Å². The van der Waals surface area contributed by atoms with Gasteiger partial charge in [0.2, 0.25) is 17.7 Å². The zero-order valence-corrected chi connectivity index (χ0v) is 16.1. The van der Waals surface area contributed by atoms with Crippen molar-refractivity contribution >= 4 is 5.91 Å². The van der Waals surface area contributed by atoms with Crippen LogP contribution in [0.25, 0.3) is 11.5 Å². The molecule has 3 rings (SSSR count). The van der Waals surface area contributed by atoms with Gasteiger partial charge in [0.05, 0.1) is 12.7 Å². The predicted molar refractivity (Wildman–Crippen MR) is 101 cm³/mol. The minimum atomic E-state index is -0.0565. The summed E-state index contributed by atoms with van der Waals surface area (Å²) < 4.78 is 12.7. The summed E-state index contributed by atoms with van der Waals surface area (Å²) >= 11 is 0. The average Bonchev–Trinajstić information content (AvgIpc) is 3.26. The van der Waals surface area contributed by atoms with Crippen LogP contribution in [-0.4, -0.2) is 27.8 Å². The van der Waals surface area contributed by atoms with E-state index in [1.54, 1.807) is 7.11 Å². The molecule has 1 N–H and O–H groups in total. The lowest BCUT2D eigenvalue weighted by molar-refractivity contribution is -0.121. The van der Waals surface area contributed by atoms with Crippen LogP contribution in [-0.2, 0) is 24.3 Å². The highest BCUT2D eigenvalue weighted by Crippen LogP contribution is 2.26. The van der Waals surface area contributed by atoms with Gasteiger partial charge in [-0.15, -0.1) is 10.2 Å². The highest BCUT2D eigenvalue weighted by atomic mass is 16.5. The number of nitrogens with zero attached hydrogens (tertiary/aromatic N) is 3. The Bertz CT molecular complexity index is 925. The number of aromatic nitrogens is 3. The molecule has 0 aliphatic rings. The van der Waals surface area contributed by atoms with Crippen LogP contribution in [0.3, 0.4) is 0 Å². The van der Waals surface area contributed by atoms with Crippen LogP contribution < -0.4 is 10.1 Å². The first-order valence-corrected chi connectivity index (χ1v) is 8.91. The molecule has 3 aromatic rings. The first-order chi connectivity index (χ1) is 13.0. The second kappa shape index (κ2) is 8.07. The van der Waals surface area contributed by atoms with Gasteiger partial charge in [0, 0.05) is 24.4 Å². The lowest BCUT2D eigenvalue weighted by atomic mass is 10.2. The number of amides is 1. The Morgan fingerprint density at radius 3 is 2.59 bits per heavy atom. The van der Waals surface area contributed by atoms with E-state index in [1.807, 2.05) is 55.7 Å². The van der Waals surface area contributed by atoms with Crippen LogP contribution in [0, 0.1) is 13.8 Å². The third-order valence-corrected chi connectivity index (χ3v) is 4.52. The average molecular weight is 368 g/mol. The van der Waals surface area contributed by atoms with E-state index in [4.69, 9.17) is 9.15 Å². The van der Waals surface area contributed by atoms with Gasteiger partial charge in [-0.2, -0.15) is 0 Å². The fraction of sp³-hybridized carbons (Fsp3) is 0.350. The van der Waals surface area contributed by atoms with E-state index in [0.29, 0.717) is 24.7 Å². The van der Waals surface area contributed by atoms with Crippen molar-refractivity contribution in [2.24, 2.45) is 0 Å². The Labute approximate surface area is 158 Å². The lowest BCUT2D eigenvalue weighted by Crippen LogP contribution is -2.27. The molecule has 2 aromatic heterocycles. The van der Waals surface area contributed by atoms with E-state index in [2.05, 4.69) is 15.5 Å². The number of benzene rings is 1. The van der Waals surface area contributed by atoms with Crippen LogP contribution in [0.5, 0.6) is 5.75 Å². The molecule has 0 spiro atoms. The number of aryl methyl sites for hydroxylation is 2. The zero-order valence-electron chi connectivity index (χ0n) is 16.1. The monoisotopic (exact) mass is 368 g/mol. The van der Waals surface area contributed by atoms with Crippen molar-refractivity contribution < 1.29 is 13.9 Å². The van der Waals surface area contributed by atoms with Gasteiger partial charge in [0.15, 0.2) is 0 Å². The largest absolute Gasteiger partial charge is 0.497 e. The van der Waals surface area contributed by atoms with Crippen molar-refractivity contribution in [1.29, 1.82) is 0 Å². The summed E-state index contributed by atoms with van der Waals surface area (Å²) in [6, 6.07) is 9.60. The van der Waals surface area contributed by atoms with Crippen molar-refractivity contribution in [3.05, 3.63) is 53.2 Å². The molecule has 142 valence electrons. The van der Waals surface area contributed by atoms with Crippen LogP contribution in [0.1, 0.15) is 29.8 Å². The molecular weight excluding hydrogens is 344 g/mol. The second-order valence-electron chi connectivity index (χ2n) is 6.35. The number of ether oxygens (including phenoxy) is 1. The van der Waals surface area contributed by atoms with Gasteiger partial charge in [-0.3, -0.25) is 4.79 Å². The molecule has 0 fully saturated rings. The maximum absolute atomic E-state index is 12.4. The van der Waals surface area contributed by atoms with E-state index in [1.165, 1.54) is 0 Å². The SMILES string of the molecule is CCc1nnc(-c2cc(C)n(CC(=O)NCc3ccc(OC)cc3)c2C)o1. The number of hydrogen-bond acceptors (Lipinski definition) is 5. The Morgan fingerprint density at radius 2 is 1.96 bits per heavy atom. The third-order valence-electron chi connectivity index (χ3n) is 4.52. The summed E-state index contributed by atoms with van der Waals surface area (Å²) in [4.78, 5) is 12.4. The summed E-state index contributed by atoms with van der Waals surface area (Å²) in [5.74, 6) is 1.83. The molecule has 0 aliphatic carbocycles. The van der Waals surface area contributed by atoms with E-state index >= 15 is 0 Å². The third kappa shape index (κ3) is 4.19. The predicted octanol–water partition coefficient (Wildman–Crippen LogP) is 3.04. The molecule has 0 saturated carbocycles. The quantitative estimate of drug-likeness (QED) is 0.693. The molecule has 0 atom stereocenters. The summed E-state index contributed by atoms with van der Waals surface area (Å²) in [7, 11) is 1.63. The van der Waals surface area contributed by atoms with Gasteiger partial charge in [-0.1, -0.05) is 19.1 Å². The number of rotatable bonds is 7. The first kappa shape index (κ1) is 18.7. The second-order valence-corrected chi connectivity index (χ2v) is 6.35. The number of hydrogen-bond donors (Lipinski definition) is 1. The molecule has 0 saturated heterocycles. The summed E-state index contributed by atoms with van der Waals surface area (Å²) in [6.45, 7) is 6.59. The molecule has 7 nitrogen and oxygen atoms in total. The molecule has 27 heavy (non-hydrogen) atoms. The van der Waals surface area contributed by atoms with Gasteiger partial charge in [0.1, 0.15) is 12.3 Å². The van der Waals surface area contributed by atoms with Crippen molar-refractivity contribution in [3.8, 4) is 17.2 Å². The molecule has 0 unspecified atom stereocenters. The topological polar surface area (TPSA) is 82.2 Å². The molecule has 0 aliphatic heterocycles. The molecule has 1 aromatic carbocycles. The fourth-order valence-corrected chi connectivity index (χ4v) is 2.91. The van der Waals surface area contributed by atoms with E-state index in [9.17, 15) is 4.79 Å². The summed E-state index contributed by atoms with van der Waals surface area (Å²) in [5.41, 5.74) is 3.78. The number of nitrogens with one attached hydrogen (secondary N) is 1. The van der Waals surface area contributed by atoms with Gasteiger partial charge < -0.3 is 19.0 Å². The van der Waals surface area contributed by atoms with Crippen molar-refractivity contribution in [2.75, 3.05) is 7.11 Å². The molecule has 0 bridgehead atoms. The van der Waals surface area contributed by atoms with Crippen molar-refractivity contribution in [2.45, 2.75) is 40.3 Å². The van der Waals surface area contributed by atoms with E-state index < -0.39 is 0 Å². The molecule has 1 amide bonds. The van der Waals surface area contributed by atoms with Crippen LogP contribution in [0.15, 0.2) is 34.7 Å². The fourth-order valence-electron chi connectivity index (χ4n) is 2.91. The first-order valence-electron chi connectivity index (χ1n) is 8.91. The molecular formula is C20H24N4O3. The van der Waals surface area contributed by atoms with Crippen LogP contribution in [0.2, 0.25) is 0 Å². The number of methoxy groups -OCH3 is 1. The van der Waals surface area contributed by atoms with Gasteiger partial charge in [-0.05, 0) is 37.6 Å². The molecule has 0 radical (unpaired) electrons. The standard InChI is InChI=1S/C20H24N4O3/c1-5-19-22-23-20(27-19)17-10-13(2)24(14(17)3)12-18(25)21-11-15-6-8-16(26-4)9-7-15/h6-10H,5,11-12H2,1-4H3,(H,21,25).